The van der Waals surface area contributed by atoms with Crippen molar-refractivity contribution in [3.8, 4) is 0 Å². The second-order valence-electron chi connectivity index (χ2n) is 8.48. The Balaban J connectivity index is 1.64. The highest BCUT2D eigenvalue weighted by molar-refractivity contribution is 7.89. The molecule has 1 saturated heterocycles. The van der Waals surface area contributed by atoms with Crippen LogP contribution in [0.5, 0.6) is 0 Å². The monoisotopic (exact) mass is 480 g/mol. The van der Waals surface area contributed by atoms with Crippen molar-refractivity contribution in [2.75, 3.05) is 13.1 Å². The molecule has 0 radical (unpaired) electrons. The smallest absolute Gasteiger partial charge is 0.254 e. The van der Waals surface area contributed by atoms with Crippen LogP contribution < -0.4 is 0 Å². The zero-order chi connectivity index (χ0) is 23.0. The summed E-state index contributed by atoms with van der Waals surface area (Å²) in [6, 6.07) is 10.6. The first-order valence-electron chi connectivity index (χ1n) is 10.7. The van der Waals surface area contributed by atoms with E-state index in [-0.39, 0.29) is 65.1 Å². The lowest BCUT2D eigenvalue weighted by Gasteiger charge is -2.34. The lowest BCUT2D eigenvalue weighted by molar-refractivity contribution is -0.0440. The molecule has 2 fully saturated rings. The van der Waals surface area contributed by atoms with Gasteiger partial charge >= 0.3 is 0 Å². The second kappa shape index (κ2) is 9.09. The van der Waals surface area contributed by atoms with Crippen LogP contribution in [0.2, 0.25) is 5.02 Å². The summed E-state index contributed by atoms with van der Waals surface area (Å²) >= 11 is 6.27. The molecule has 0 bridgehead atoms. The van der Waals surface area contributed by atoms with E-state index < -0.39 is 10.0 Å². The van der Waals surface area contributed by atoms with Gasteiger partial charge in [-0.1, -0.05) is 29.8 Å². The maximum Gasteiger partial charge on any atom is 0.254 e. The summed E-state index contributed by atoms with van der Waals surface area (Å²) in [6.45, 7) is 4.18. The van der Waals surface area contributed by atoms with E-state index in [9.17, 15) is 17.6 Å². The van der Waals surface area contributed by atoms with Gasteiger partial charge in [0.2, 0.25) is 10.0 Å². The summed E-state index contributed by atoms with van der Waals surface area (Å²) < 4.78 is 47.9. The Labute approximate surface area is 193 Å². The van der Waals surface area contributed by atoms with Gasteiger partial charge in [0.05, 0.1) is 17.2 Å². The Morgan fingerprint density at radius 3 is 2.44 bits per heavy atom. The van der Waals surface area contributed by atoms with Crippen molar-refractivity contribution in [3.63, 3.8) is 0 Å². The number of amides is 1. The van der Waals surface area contributed by atoms with Crippen molar-refractivity contribution in [1.82, 2.24) is 9.21 Å². The average Bonchev–Trinajstić information content (AvgIpc) is 3.57. The van der Waals surface area contributed by atoms with Gasteiger partial charge in [-0.25, -0.2) is 12.8 Å². The third kappa shape index (κ3) is 4.83. The van der Waals surface area contributed by atoms with Gasteiger partial charge in [0.25, 0.3) is 5.91 Å². The fraction of sp³-hybridized carbons (Fsp3) is 0.435. The first-order chi connectivity index (χ1) is 15.2. The number of hydrogen-bond donors (Lipinski definition) is 0. The van der Waals surface area contributed by atoms with Gasteiger partial charge < -0.3 is 9.64 Å². The number of carbonyl (C=O) groups excluding carboxylic acids is 1. The molecule has 32 heavy (non-hydrogen) atoms. The Kier molecular flexibility index (Phi) is 6.58. The predicted molar refractivity (Wildman–Crippen MR) is 120 cm³/mol. The number of hydrogen-bond acceptors (Lipinski definition) is 4. The summed E-state index contributed by atoms with van der Waals surface area (Å²) in [4.78, 5) is 14.8. The van der Waals surface area contributed by atoms with Crippen LogP contribution in [0, 0.1) is 5.82 Å². The number of morpholine rings is 1. The fourth-order valence-corrected chi connectivity index (χ4v) is 6.12. The van der Waals surface area contributed by atoms with E-state index in [0.717, 1.165) is 12.8 Å². The summed E-state index contributed by atoms with van der Waals surface area (Å²) in [7, 11) is -3.92. The van der Waals surface area contributed by atoms with Crippen LogP contribution in [-0.2, 0) is 21.3 Å². The first-order valence-corrected chi connectivity index (χ1v) is 12.5. The molecule has 1 heterocycles. The van der Waals surface area contributed by atoms with Crippen LogP contribution in [-0.4, -0.2) is 54.9 Å². The first kappa shape index (κ1) is 23.2. The molecule has 1 saturated carbocycles. The lowest BCUT2D eigenvalue weighted by Crippen LogP contribution is -2.48. The number of carbonyl (C=O) groups is 1. The normalized spacial score (nSPS) is 22.0. The Hall–Kier alpha value is -2.00. The Morgan fingerprint density at radius 2 is 1.81 bits per heavy atom. The zero-order valence-corrected chi connectivity index (χ0v) is 19.6. The quantitative estimate of drug-likeness (QED) is 0.624. The minimum Gasteiger partial charge on any atom is -0.373 e. The molecular weight excluding hydrogens is 455 g/mol. The van der Waals surface area contributed by atoms with E-state index in [4.69, 9.17) is 16.3 Å². The van der Waals surface area contributed by atoms with Crippen LogP contribution >= 0.6 is 11.6 Å². The van der Waals surface area contributed by atoms with Crippen LogP contribution in [0.15, 0.2) is 47.4 Å². The van der Waals surface area contributed by atoms with Gasteiger partial charge in [-0.15, -0.1) is 0 Å². The van der Waals surface area contributed by atoms with E-state index in [1.54, 1.807) is 23.1 Å². The second-order valence-corrected chi connectivity index (χ2v) is 10.8. The standard InChI is InChI=1S/C23H26ClFN2O4S/c1-15-12-26(13-16(2)31-15)32(29,30)22-11-17(7-10-20(22)24)23(28)27(19-8-9-19)14-18-5-3-4-6-21(18)25/h3-7,10-11,15-16,19H,8-9,12-14H2,1-2H3/t15-,16+. The van der Waals surface area contributed by atoms with Crippen molar-refractivity contribution in [1.29, 1.82) is 0 Å². The number of ether oxygens (including phenoxy) is 1. The molecule has 2 aromatic rings. The molecular formula is C23H26ClFN2O4S. The van der Waals surface area contributed by atoms with Gasteiger partial charge in [0.15, 0.2) is 0 Å². The maximum absolute atomic E-state index is 14.2. The zero-order valence-electron chi connectivity index (χ0n) is 18.0. The molecule has 0 spiro atoms. The van der Waals surface area contributed by atoms with E-state index >= 15 is 0 Å². The highest BCUT2D eigenvalue weighted by atomic mass is 35.5. The maximum atomic E-state index is 14.2. The van der Waals surface area contributed by atoms with Crippen molar-refractivity contribution in [2.24, 2.45) is 0 Å². The molecule has 2 atom stereocenters. The molecule has 6 nitrogen and oxygen atoms in total. The average molecular weight is 481 g/mol. The Morgan fingerprint density at radius 1 is 1.16 bits per heavy atom. The molecule has 2 aliphatic rings. The highest BCUT2D eigenvalue weighted by Gasteiger charge is 2.36. The van der Waals surface area contributed by atoms with Gasteiger partial charge in [-0.2, -0.15) is 4.31 Å². The number of sulfonamides is 1. The van der Waals surface area contributed by atoms with Crippen LogP contribution in [0.3, 0.4) is 0 Å². The molecule has 2 aromatic carbocycles. The van der Waals surface area contributed by atoms with E-state index in [0.29, 0.717) is 5.56 Å². The summed E-state index contributed by atoms with van der Waals surface area (Å²) in [5, 5.41) is 0.0559. The molecule has 0 aromatic heterocycles. The molecule has 1 amide bonds. The minimum atomic E-state index is -3.92. The number of rotatable bonds is 6. The minimum absolute atomic E-state index is 0.0128. The van der Waals surface area contributed by atoms with Crippen molar-refractivity contribution < 1.29 is 22.3 Å². The fourth-order valence-electron chi connectivity index (χ4n) is 4.03. The predicted octanol–water partition coefficient (Wildman–Crippen LogP) is 4.08. The van der Waals surface area contributed by atoms with Crippen LogP contribution in [0.4, 0.5) is 4.39 Å². The van der Waals surface area contributed by atoms with Gasteiger partial charge in [0, 0.05) is 36.8 Å². The molecule has 9 heteroatoms. The van der Waals surface area contributed by atoms with E-state index in [2.05, 4.69) is 0 Å². The van der Waals surface area contributed by atoms with Crippen molar-refractivity contribution in [3.05, 3.63) is 64.4 Å². The number of nitrogens with zero attached hydrogens (tertiary/aromatic N) is 2. The largest absolute Gasteiger partial charge is 0.373 e. The van der Waals surface area contributed by atoms with Gasteiger partial charge in [-0.05, 0) is 51.0 Å². The van der Waals surface area contributed by atoms with Crippen molar-refractivity contribution in [2.45, 2.75) is 56.4 Å². The molecule has 172 valence electrons. The van der Waals surface area contributed by atoms with Gasteiger partial charge in [0.1, 0.15) is 10.7 Å². The topological polar surface area (TPSA) is 66.9 Å². The van der Waals surface area contributed by atoms with E-state index in [1.807, 2.05) is 13.8 Å². The van der Waals surface area contributed by atoms with Gasteiger partial charge in [-0.3, -0.25) is 4.79 Å². The number of benzene rings is 2. The molecule has 1 aliphatic carbocycles. The molecule has 1 aliphatic heterocycles. The molecule has 0 N–H and O–H groups in total. The van der Waals surface area contributed by atoms with E-state index in [1.165, 1.54) is 28.6 Å². The third-order valence-corrected chi connectivity index (χ3v) is 8.04. The lowest BCUT2D eigenvalue weighted by atomic mass is 10.1. The van der Waals surface area contributed by atoms with Crippen LogP contribution in [0.1, 0.15) is 42.6 Å². The van der Waals surface area contributed by atoms with Crippen molar-refractivity contribution >= 4 is 27.5 Å². The Bertz CT molecular complexity index is 1110. The summed E-state index contributed by atoms with van der Waals surface area (Å²) in [6.07, 6.45) is 1.18. The SMILES string of the molecule is C[C@@H]1CN(S(=O)(=O)c2cc(C(=O)N(Cc3ccccc3F)C3CC3)ccc2Cl)C[C@H](C)O1. The molecule has 4 rings (SSSR count). The summed E-state index contributed by atoms with van der Waals surface area (Å²) in [5.74, 6) is -0.714. The highest BCUT2D eigenvalue weighted by Crippen LogP contribution is 2.32. The third-order valence-electron chi connectivity index (χ3n) is 5.73. The summed E-state index contributed by atoms with van der Waals surface area (Å²) in [5.41, 5.74) is 0.636. The molecule has 0 unspecified atom stereocenters. The van der Waals surface area contributed by atoms with Crippen LogP contribution in [0.25, 0.3) is 0 Å². The number of halogens is 2.